The van der Waals surface area contributed by atoms with Crippen LogP contribution in [0.25, 0.3) is 0 Å². The number of carboxylic acids is 1. The van der Waals surface area contributed by atoms with Gasteiger partial charge < -0.3 is 19.3 Å². The zero-order valence-electron chi connectivity index (χ0n) is 21.2. The van der Waals surface area contributed by atoms with Gasteiger partial charge in [0.2, 0.25) is 5.43 Å². The highest BCUT2D eigenvalue weighted by Crippen LogP contribution is 2.54. The minimum absolute atomic E-state index is 0.0592. The summed E-state index contributed by atoms with van der Waals surface area (Å²) in [6.07, 6.45) is 1.12. The molecule has 0 saturated heterocycles. The lowest BCUT2D eigenvalue weighted by atomic mass is 9.99. The largest absolute Gasteiger partial charge is 0.483 e. The van der Waals surface area contributed by atoms with E-state index in [9.17, 15) is 33.1 Å². The van der Waals surface area contributed by atoms with Gasteiger partial charge in [-0.1, -0.05) is 36.4 Å². The van der Waals surface area contributed by atoms with Crippen LogP contribution in [0, 0.1) is 17.6 Å². The third kappa shape index (κ3) is 4.71. The Kier molecular flexibility index (Phi) is 6.80. The fourth-order valence-electron chi connectivity index (χ4n) is 5.25. The van der Waals surface area contributed by atoms with Crippen molar-refractivity contribution in [3.8, 4) is 5.75 Å². The molecule has 5 rings (SSSR count). The molecular weight excluding hydrogens is 510 g/mol. The molecule has 39 heavy (non-hydrogen) atoms. The fourth-order valence-corrected chi connectivity index (χ4v) is 5.25. The molecule has 1 aromatic heterocycles. The number of halogens is 2. The number of fused-ring (bicyclic) bond motifs is 2. The first-order chi connectivity index (χ1) is 18.7. The van der Waals surface area contributed by atoms with E-state index in [0.29, 0.717) is 6.54 Å². The number of hydrogen-bond acceptors (Lipinski definition) is 5. The normalized spacial score (nSPS) is 19.6. The number of aliphatic carboxylic acids is 1. The van der Waals surface area contributed by atoms with Gasteiger partial charge in [-0.25, -0.2) is 8.78 Å². The first kappa shape index (κ1) is 26.3. The molecule has 0 bridgehead atoms. The van der Waals surface area contributed by atoms with E-state index in [4.69, 9.17) is 4.74 Å². The second-order valence-corrected chi connectivity index (χ2v) is 9.87. The Bertz CT molecular complexity index is 1540. The van der Waals surface area contributed by atoms with Gasteiger partial charge in [0.05, 0.1) is 17.0 Å². The molecule has 1 aliphatic carbocycles. The maximum absolute atomic E-state index is 14.1. The highest BCUT2D eigenvalue weighted by molar-refractivity contribution is 6.00. The molecule has 1 amide bonds. The van der Waals surface area contributed by atoms with Crippen molar-refractivity contribution >= 4 is 17.7 Å². The van der Waals surface area contributed by atoms with Crippen LogP contribution in [0.4, 0.5) is 8.78 Å². The summed E-state index contributed by atoms with van der Waals surface area (Å²) in [4.78, 5) is 53.9. The Morgan fingerprint density at radius 1 is 1.13 bits per heavy atom. The van der Waals surface area contributed by atoms with Gasteiger partial charge in [0.25, 0.3) is 5.91 Å². The molecule has 3 aromatic rings. The van der Waals surface area contributed by atoms with E-state index in [1.165, 1.54) is 21.7 Å². The van der Waals surface area contributed by atoms with Gasteiger partial charge in [0.1, 0.15) is 18.2 Å². The molecular formula is C29H26F2N2O6. The Balaban J connectivity index is 1.58. The van der Waals surface area contributed by atoms with Gasteiger partial charge in [0.15, 0.2) is 17.2 Å². The number of nitrogens with zero attached hydrogens (tertiary/aromatic N) is 2. The molecule has 2 heterocycles. The summed E-state index contributed by atoms with van der Waals surface area (Å²) in [6.45, 7) is 2.11. The monoisotopic (exact) mass is 536 g/mol. The molecule has 1 aliphatic heterocycles. The second-order valence-electron chi connectivity index (χ2n) is 9.87. The van der Waals surface area contributed by atoms with Gasteiger partial charge >= 0.3 is 5.97 Å². The molecule has 1 spiro atoms. The van der Waals surface area contributed by atoms with E-state index < -0.39 is 46.2 Å². The van der Waals surface area contributed by atoms with Crippen molar-refractivity contribution in [2.24, 2.45) is 5.92 Å². The quantitative estimate of drug-likeness (QED) is 0.417. The number of ether oxygens (including phenoxy) is 1. The summed E-state index contributed by atoms with van der Waals surface area (Å²) >= 11 is 0. The van der Waals surface area contributed by atoms with E-state index in [-0.39, 0.29) is 55.0 Å². The molecule has 1 fully saturated rings. The van der Waals surface area contributed by atoms with Crippen molar-refractivity contribution in [2.45, 2.75) is 38.3 Å². The number of hydrogen-bond donors (Lipinski definition) is 1. The van der Waals surface area contributed by atoms with Crippen LogP contribution in [-0.2, 0) is 23.4 Å². The molecule has 2 aromatic carbocycles. The molecule has 0 radical (unpaired) electrons. The van der Waals surface area contributed by atoms with E-state index >= 15 is 0 Å². The van der Waals surface area contributed by atoms with Gasteiger partial charge in [-0.3, -0.25) is 19.2 Å². The predicted octanol–water partition coefficient (Wildman–Crippen LogP) is 3.80. The highest BCUT2D eigenvalue weighted by atomic mass is 19.1. The number of amides is 1. The van der Waals surface area contributed by atoms with Gasteiger partial charge in [-0.05, 0) is 37.0 Å². The molecule has 8 nitrogen and oxygen atoms in total. The van der Waals surface area contributed by atoms with Gasteiger partial charge in [-0.2, -0.15) is 0 Å². The summed E-state index contributed by atoms with van der Waals surface area (Å²) in [6, 6.07) is 12.0. The topological polar surface area (TPSA) is 106 Å². The molecule has 2 atom stereocenters. The minimum Gasteiger partial charge on any atom is -0.483 e. The Hall–Kier alpha value is -4.34. The van der Waals surface area contributed by atoms with Crippen LogP contribution >= 0.6 is 0 Å². The summed E-state index contributed by atoms with van der Waals surface area (Å²) in [7, 11) is 0. The summed E-state index contributed by atoms with van der Waals surface area (Å²) in [5.74, 6) is -4.86. The number of ketones is 1. The first-order valence-electron chi connectivity index (χ1n) is 12.6. The number of carboxylic acid groups (broad SMARTS) is 1. The zero-order valence-corrected chi connectivity index (χ0v) is 21.2. The summed E-state index contributed by atoms with van der Waals surface area (Å²) in [5.41, 5.74) is -1.36. The number of carbonyl (C=O) groups is 3. The smallest absolute Gasteiger partial charge is 0.309 e. The van der Waals surface area contributed by atoms with Crippen molar-refractivity contribution in [1.29, 1.82) is 0 Å². The van der Waals surface area contributed by atoms with Crippen molar-refractivity contribution in [3.63, 3.8) is 0 Å². The Morgan fingerprint density at radius 2 is 1.87 bits per heavy atom. The molecule has 202 valence electrons. The highest BCUT2D eigenvalue weighted by Gasteiger charge is 2.64. The number of rotatable bonds is 9. The lowest BCUT2D eigenvalue weighted by Crippen LogP contribution is -2.50. The van der Waals surface area contributed by atoms with Crippen molar-refractivity contribution in [3.05, 3.63) is 99.0 Å². The van der Waals surface area contributed by atoms with E-state index in [1.807, 2.05) is 6.07 Å². The second kappa shape index (κ2) is 10.1. The number of aryl methyl sites for hydroxylation is 1. The summed E-state index contributed by atoms with van der Waals surface area (Å²) in [5, 5.41) is 9.79. The SMILES string of the molecule is CCN1C[C@@]2(C[C@@H]2C(=O)O)n2cc(C(=O)CCc3ccc(F)cc3F)c(=O)c(OCc3ccccc3)c2C1=O. The number of pyridine rings is 1. The maximum Gasteiger partial charge on any atom is 0.309 e. The van der Waals surface area contributed by atoms with E-state index in [2.05, 4.69) is 0 Å². The number of likely N-dealkylation sites (N-methyl/N-ethyl adjacent to an activating group) is 1. The minimum atomic E-state index is -1.04. The van der Waals surface area contributed by atoms with Crippen molar-refractivity contribution < 1.29 is 33.0 Å². The fraction of sp³-hybridized carbons (Fsp3) is 0.310. The third-order valence-electron chi connectivity index (χ3n) is 7.49. The van der Waals surface area contributed by atoms with Crippen LogP contribution in [-0.4, -0.2) is 45.3 Å². The lowest BCUT2D eigenvalue weighted by molar-refractivity contribution is -0.139. The summed E-state index contributed by atoms with van der Waals surface area (Å²) < 4.78 is 34.8. The van der Waals surface area contributed by atoms with Crippen molar-refractivity contribution in [1.82, 2.24) is 9.47 Å². The van der Waals surface area contributed by atoms with Crippen LogP contribution in [0.15, 0.2) is 59.5 Å². The van der Waals surface area contributed by atoms with Gasteiger partial charge in [-0.15, -0.1) is 0 Å². The molecule has 2 aliphatic rings. The lowest BCUT2D eigenvalue weighted by Gasteiger charge is -2.37. The van der Waals surface area contributed by atoms with Crippen LogP contribution in [0.5, 0.6) is 5.75 Å². The molecule has 1 saturated carbocycles. The maximum atomic E-state index is 14.1. The molecule has 10 heteroatoms. The Morgan fingerprint density at radius 3 is 2.51 bits per heavy atom. The average molecular weight is 537 g/mol. The van der Waals surface area contributed by atoms with Crippen LogP contribution in [0.1, 0.15) is 51.7 Å². The standard InChI is InChI=1S/C29H26F2N2O6/c1-2-32-16-29(13-21(29)28(37)38)33-14-20(23(34)11-9-18-8-10-19(30)12-22(18)31)25(35)26(24(33)27(32)36)39-15-17-6-4-3-5-7-17/h3-8,10,12,14,21H,2,9,11,13,15-16H2,1H3,(H,37,38)/t21-,29-/m1/s1. The van der Waals surface area contributed by atoms with Crippen LogP contribution in [0.2, 0.25) is 0 Å². The first-order valence-corrected chi connectivity index (χ1v) is 12.6. The molecule has 0 unspecified atom stereocenters. The number of benzene rings is 2. The van der Waals surface area contributed by atoms with Gasteiger partial charge in [0, 0.05) is 31.8 Å². The Labute approximate surface area is 222 Å². The number of aromatic nitrogens is 1. The van der Waals surface area contributed by atoms with E-state index in [1.54, 1.807) is 31.2 Å². The van der Waals surface area contributed by atoms with Crippen LogP contribution in [0.3, 0.4) is 0 Å². The average Bonchev–Trinajstić information content (AvgIpc) is 3.65. The van der Waals surface area contributed by atoms with Crippen molar-refractivity contribution in [2.75, 3.05) is 13.1 Å². The zero-order chi connectivity index (χ0) is 27.9. The van der Waals surface area contributed by atoms with E-state index in [0.717, 1.165) is 17.7 Å². The number of Topliss-reactive ketones (excluding diaryl/α,β-unsaturated/α-hetero) is 1. The predicted molar refractivity (Wildman–Crippen MR) is 136 cm³/mol. The molecule has 1 N–H and O–H groups in total. The third-order valence-corrected chi connectivity index (χ3v) is 7.49. The van der Waals surface area contributed by atoms with Crippen LogP contribution < -0.4 is 10.2 Å². The number of carbonyl (C=O) groups excluding carboxylic acids is 2.